The molecule has 40 heavy (non-hydrogen) atoms. The van der Waals surface area contributed by atoms with Gasteiger partial charge in [0, 0.05) is 12.5 Å². The average molecular weight is 587 g/mol. The zero-order valence-electron chi connectivity index (χ0n) is 28.2. The topological polar surface area (TPSA) is 35.5 Å². The standard InChI is InChI=1S/C35H62O3Si2/c1-23(13-14-24(2)34(5,39(7,8)9)31(36)38-40(10,11)12)27-15-16-28-26-21-30(37-6)35-22-25(35)17-20-33(35,4)29(26)18-19-32(27,28)3/h13-14,23-30H,15-22H2,1-12H3/b14-13+/t23-,24-,25?,26?,27-,28?,29?,30-,32-,33-,34?,35?/m1/s1. The second-order valence-electron chi connectivity index (χ2n) is 17.9. The van der Waals surface area contributed by atoms with Crippen LogP contribution in [0.4, 0.5) is 0 Å². The van der Waals surface area contributed by atoms with Gasteiger partial charge in [0.15, 0.2) is 0 Å². The van der Waals surface area contributed by atoms with Crippen molar-refractivity contribution in [1.29, 1.82) is 0 Å². The molecule has 6 unspecified atom stereocenters. The van der Waals surface area contributed by atoms with Gasteiger partial charge in [0.25, 0.3) is 5.97 Å². The van der Waals surface area contributed by atoms with Gasteiger partial charge in [-0.1, -0.05) is 66.4 Å². The third-order valence-corrected chi connectivity index (χ3v) is 19.1. The molecule has 0 heterocycles. The predicted molar refractivity (Wildman–Crippen MR) is 172 cm³/mol. The van der Waals surface area contributed by atoms with Crippen molar-refractivity contribution >= 4 is 22.4 Å². The van der Waals surface area contributed by atoms with Crippen LogP contribution >= 0.6 is 0 Å². The molecule has 0 aliphatic heterocycles. The van der Waals surface area contributed by atoms with Crippen LogP contribution in [0, 0.1) is 57.7 Å². The van der Waals surface area contributed by atoms with Crippen LogP contribution in [-0.4, -0.2) is 35.6 Å². The molecule has 5 rings (SSSR count). The van der Waals surface area contributed by atoms with E-state index in [1.54, 1.807) is 0 Å². The summed E-state index contributed by atoms with van der Waals surface area (Å²) in [6.07, 6.45) is 16.6. The van der Waals surface area contributed by atoms with Crippen molar-refractivity contribution in [3.05, 3.63) is 12.2 Å². The lowest BCUT2D eigenvalue weighted by atomic mass is 9.45. The lowest BCUT2D eigenvalue weighted by Gasteiger charge is -2.61. The SMILES string of the molecule is CO[C@@H]1CC2C3CC[C@H]([C@H](C)/C=C/[C@@H](C)C(C)(C(=O)O[Si](C)(C)C)[Si](C)(C)C)[C@@]3(C)CCC2[C@@]2(C)CCC3CC312. The van der Waals surface area contributed by atoms with E-state index in [4.69, 9.17) is 9.16 Å². The van der Waals surface area contributed by atoms with Crippen LogP contribution in [0.15, 0.2) is 12.2 Å². The van der Waals surface area contributed by atoms with Crippen LogP contribution in [0.25, 0.3) is 0 Å². The molecule has 5 aliphatic rings. The normalized spacial score (nSPS) is 45.6. The molecule has 0 bridgehead atoms. The number of ether oxygens (including phenoxy) is 1. The molecule has 12 atom stereocenters. The summed E-state index contributed by atoms with van der Waals surface area (Å²) in [7, 11) is -1.79. The Morgan fingerprint density at radius 1 is 0.950 bits per heavy atom. The molecular weight excluding hydrogens is 525 g/mol. The van der Waals surface area contributed by atoms with Crippen LogP contribution in [0.2, 0.25) is 44.3 Å². The summed E-state index contributed by atoms with van der Waals surface area (Å²) in [6, 6.07) is 0. The Bertz CT molecular complexity index is 1030. The predicted octanol–water partition coefficient (Wildman–Crippen LogP) is 9.58. The summed E-state index contributed by atoms with van der Waals surface area (Å²) in [4.78, 5) is 13.6. The highest BCUT2D eigenvalue weighted by atomic mass is 28.4. The maximum Gasteiger partial charge on any atom is 0.296 e. The van der Waals surface area contributed by atoms with Crippen LogP contribution in [0.1, 0.15) is 86.0 Å². The van der Waals surface area contributed by atoms with Gasteiger partial charge in [-0.2, -0.15) is 0 Å². The van der Waals surface area contributed by atoms with Crippen LogP contribution in [-0.2, 0) is 14.0 Å². The summed E-state index contributed by atoms with van der Waals surface area (Å²) in [5.41, 5.74) is 1.45. The van der Waals surface area contributed by atoms with Crippen molar-refractivity contribution < 1.29 is 14.0 Å². The molecule has 0 aromatic heterocycles. The van der Waals surface area contributed by atoms with E-state index in [2.05, 4.69) is 86.1 Å². The summed E-state index contributed by atoms with van der Waals surface area (Å²) in [5, 5.41) is -0.422. The first-order chi connectivity index (χ1) is 18.4. The fraction of sp³-hybridized carbons (Fsp3) is 0.914. The Morgan fingerprint density at radius 2 is 1.62 bits per heavy atom. The Balaban J connectivity index is 1.34. The Morgan fingerprint density at radius 3 is 2.20 bits per heavy atom. The van der Waals surface area contributed by atoms with Gasteiger partial charge >= 0.3 is 0 Å². The molecule has 0 aromatic carbocycles. The lowest BCUT2D eigenvalue weighted by molar-refractivity contribution is -0.160. The number of methoxy groups -OCH3 is 1. The Kier molecular flexibility index (Phi) is 7.61. The number of carbonyl (C=O) groups excluding carboxylic acids is 1. The van der Waals surface area contributed by atoms with E-state index in [1.807, 2.05) is 7.11 Å². The number of carbonyl (C=O) groups is 1. The van der Waals surface area contributed by atoms with Crippen molar-refractivity contribution in [2.75, 3.05) is 7.11 Å². The van der Waals surface area contributed by atoms with Crippen LogP contribution in [0.5, 0.6) is 0 Å². The average Bonchev–Trinajstić information content (AvgIpc) is 3.35. The van der Waals surface area contributed by atoms with Gasteiger partial charge < -0.3 is 9.16 Å². The third kappa shape index (κ3) is 4.35. The molecule has 5 fully saturated rings. The van der Waals surface area contributed by atoms with Gasteiger partial charge in [-0.25, -0.2) is 0 Å². The molecular formula is C35H62O3Si2. The third-order valence-electron chi connectivity index (χ3n) is 14.5. The minimum Gasteiger partial charge on any atom is -0.520 e. The van der Waals surface area contributed by atoms with Crippen molar-refractivity contribution in [3.8, 4) is 0 Å². The van der Waals surface area contributed by atoms with Gasteiger partial charge in [0.05, 0.1) is 19.2 Å². The highest BCUT2D eigenvalue weighted by molar-refractivity contribution is 6.83. The van der Waals surface area contributed by atoms with Crippen molar-refractivity contribution in [2.45, 2.75) is 136 Å². The largest absolute Gasteiger partial charge is 0.520 e. The highest BCUT2D eigenvalue weighted by Crippen LogP contribution is 2.82. The summed E-state index contributed by atoms with van der Waals surface area (Å²) in [5.74, 6) is 5.03. The second-order valence-corrected chi connectivity index (χ2v) is 27.9. The van der Waals surface area contributed by atoms with E-state index in [0.717, 1.165) is 29.6 Å². The number of rotatable bonds is 8. The van der Waals surface area contributed by atoms with Crippen molar-refractivity contribution in [2.24, 2.45) is 57.7 Å². The highest BCUT2D eigenvalue weighted by Gasteiger charge is 2.77. The quantitative estimate of drug-likeness (QED) is 0.210. The van der Waals surface area contributed by atoms with Crippen molar-refractivity contribution in [1.82, 2.24) is 0 Å². The fourth-order valence-electron chi connectivity index (χ4n) is 11.7. The molecule has 5 saturated carbocycles. The van der Waals surface area contributed by atoms with Gasteiger partial charge in [-0.05, 0) is 123 Å². The maximum absolute atomic E-state index is 13.6. The van der Waals surface area contributed by atoms with Gasteiger partial charge in [0.2, 0.25) is 8.32 Å². The molecule has 3 nitrogen and oxygen atoms in total. The zero-order chi connectivity index (χ0) is 29.7. The molecule has 0 N–H and O–H groups in total. The van der Waals surface area contributed by atoms with Gasteiger partial charge in [-0.3, -0.25) is 4.79 Å². The zero-order valence-corrected chi connectivity index (χ0v) is 30.2. The molecule has 5 heteroatoms. The first-order valence-corrected chi connectivity index (χ1v) is 23.7. The van der Waals surface area contributed by atoms with Crippen LogP contribution < -0.4 is 0 Å². The summed E-state index contributed by atoms with van der Waals surface area (Å²) < 4.78 is 12.5. The van der Waals surface area contributed by atoms with E-state index in [0.29, 0.717) is 28.3 Å². The van der Waals surface area contributed by atoms with E-state index < -0.39 is 21.4 Å². The molecule has 0 amide bonds. The second kappa shape index (κ2) is 9.81. The monoisotopic (exact) mass is 586 g/mol. The first kappa shape index (κ1) is 31.0. The number of allylic oxidation sites excluding steroid dienone is 2. The number of fused-ring (bicyclic) bond motifs is 4. The van der Waals surface area contributed by atoms with E-state index in [9.17, 15) is 4.79 Å². The molecule has 0 saturated heterocycles. The smallest absolute Gasteiger partial charge is 0.296 e. The van der Waals surface area contributed by atoms with Gasteiger partial charge in [0.1, 0.15) is 0 Å². The van der Waals surface area contributed by atoms with Crippen molar-refractivity contribution in [3.63, 3.8) is 0 Å². The van der Waals surface area contributed by atoms with Gasteiger partial charge in [-0.15, -0.1) is 0 Å². The van der Waals surface area contributed by atoms with E-state index in [-0.39, 0.29) is 11.9 Å². The Hall–Kier alpha value is -0.396. The number of hydrogen-bond acceptors (Lipinski definition) is 3. The first-order valence-electron chi connectivity index (χ1n) is 16.8. The number of hydrogen-bond donors (Lipinski definition) is 0. The Labute approximate surface area is 249 Å². The molecule has 0 radical (unpaired) electrons. The molecule has 1 spiro atoms. The minimum atomic E-state index is -1.95. The fourth-order valence-corrected chi connectivity index (χ4v) is 14.7. The van der Waals surface area contributed by atoms with Crippen LogP contribution in [0.3, 0.4) is 0 Å². The van der Waals surface area contributed by atoms with E-state index >= 15 is 0 Å². The molecule has 0 aromatic rings. The molecule has 228 valence electrons. The maximum atomic E-state index is 13.6. The lowest BCUT2D eigenvalue weighted by Crippen LogP contribution is -2.57. The summed E-state index contributed by atoms with van der Waals surface area (Å²) in [6.45, 7) is 25.7. The summed E-state index contributed by atoms with van der Waals surface area (Å²) >= 11 is 0. The minimum absolute atomic E-state index is 0.0444. The molecule has 5 aliphatic carbocycles. The van der Waals surface area contributed by atoms with E-state index in [1.165, 1.54) is 51.4 Å².